The number of aromatic nitrogens is 2. The lowest BCUT2D eigenvalue weighted by Crippen LogP contribution is -2.45. The number of hydrogen-bond acceptors (Lipinski definition) is 5. The smallest absolute Gasteiger partial charge is 0.152 e. The van der Waals surface area contributed by atoms with Crippen molar-refractivity contribution in [3.8, 4) is 11.8 Å². The van der Waals surface area contributed by atoms with Crippen molar-refractivity contribution in [1.82, 2.24) is 24.9 Å². The van der Waals surface area contributed by atoms with Gasteiger partial charge in [0, 0.05) is 36.6 Å². The molecule has 1 N–H and O–H groups in total. The number of rotatable bonds is 5. The summed E-state index contributed by atoms with van der Waals surface area (Å²) < 4.78 is 1.87. The first-order chi connectivity index (χ1) is 14.2. The van der Waals surface area contributed by atoms with Gasteiger partial charge < -0.3 is 15.1 Å². The zero-order valence-corrected chi connectivity index (χ0v) is 17.4. The van der Waals surface area contributed by atoms with E-state index in [2.05, 4.69) is 71.2 Å². The van der Waals surface area contributed by atoms with Crippen LogP contribution in [0.4, 0.5) is 0 Å². The van der Waals surface area contributed by atoms with Crippen LogP contribution < -0.4 is 5.32 Å². The van der Waals surface area contributed by atoms with Crippen LogP contribution in [0.3, 0.4) is 0 Å². The zero-order valence-electron chi connectivity index (χ0n) is 17.4. The monoisotopic (exact) mass is 388 g/mol. The topological polar surface area (TPSA) is 48.7 Å². The van der Waals surface area contributed by atoms with Crippen LogP contribution in [0.2, 0.25) is 0 Å². The van der Waals surface area contributed by atoms with Crippen LogP contribution in [0.5, 0.6) is 0 Å². The Morgan fingerprint density at radius 3 is 2.79 bits per heavy atom. The maximum Gasteiger partial charge on any atom is 0.152 e. The molecule has 6 nitrogen and oxygen atoms in total. The van der Waals surface area contributed by atoms with E-state index in [0.717, 1.165) is 48.8 Å². The van der Waals surface area contributed by atoms with E-state index in [1.807, 2.05) is 29.2 Å². The van der Waals surface area contributed by atoms with Crippen molar-refractivity contribution in [1.29, 1.82) is 0 Å². The molecule has 0 bridgehead atoms. The van der Waals surface area contributed by atoms with Gasteiger partial charge in [-0.15, -0.1) is 0 Å². The van der Waals surface area contributed by atoms with E-state index in [0.29, 0.717) is 6.54 Å². The largest absolute Gasteiger partial charge is 0.358 e. The van der Waals surface area contributed by atoms with Crippen molar-refractivity contribution in [3.05, 3.63) is 65.2 Å². The Morgan fingerprint density at radius 1 is 1.21 bits per heavy atom. The molecule has 2 aliphatic heterocycles. The summed E-state index contributed by atoms with van der Waals surface area (Å²) in [5, 5.41) is 8.02. The summed E-state index contributed by atoms with van der Waals surface area (Å²) in [5.74, 6) is 7.44. The highest BCUT2D eigenvalue weighted by molar-refractivity contribution is 6.00. The first-order valence-corrected chi connectivity index (χ1v) is 10.3. The second-order valence-corrected chi connectivity index (χ2v) is 7.49. The number of amidine groups is 1. The van der Waals surface area contributed by atoms with Gasteiger partial charge in [-0.05, 0) is 32.4 Å². The zero-order chi connectivity index (χ0) is 20.2. The number of benzene rings is 1. The van der Waals surface area contributed by atoms with E-state index in [1.165, 1.54) is 5.56 Å². The summed E-state index contributed by atoms with van der Waals surface area (Å²) in [4.78, 5) is 9.58. The molecule has 1 aromatic heterocycles. The fraction of sp³-hybridized carbons (Fsp3) is 0.391. The van der Waals surface area contributed by atoms with Crippen LogP contribution in [0.1, 0.15) is 43.1 Å². The van der Waals surface area contributed by atoms with Gasteiger partial charge >= 0.3 is 0 Å². The number of aliphatic imine (C=N–C) groups is 1. The van der Waals surface area contributed by atoms with Gasteiger partial charge in [0.15, 0.2) is 5.84 Å². The number of fused-ring (bicyclic) bond motifs is 1. The van der Waals surface area contributed by atoms with Crippen molar-refractivity contribution >= 4 is 5.84 Å². The molecule has 0 fully saturated rings. The highest BCUT2D eigenvalue weighted by atomic mass is 15.4. The minimum Gasteiger partial charge on any atom is -0.358 e. The van der Waals surface area contributed by atoms with E-state index >= 15 is 0 Å². The van der Waals surface area contributed by atoms with E-state index in [9.17, 15) is 0 Å². The highest BCUT2D eigenvalue weighted by Crippen LogP contribution is 2.26. The first kappa shape index (κ1) is 19.1. The Hall–Kier alpha value is -3.20. The van der Waals surface area contributed by atoms with Gasteiger partial charge in [0.05, 0.1) is 18.6 Å². The summed E-state index contributed by atoms with van der Waals surface area (Å²) in [5.41, 5.74) is 4.43. The minimum atomic E-state index is -0.0920. The standard InChI is InChI=1S/C23H28N6/c1-4-12-27-16-21-23(28(5-2)17-27)26-22(25-21)20-14-24-29(15-20)13-6-7-19-10-8-18(3)9-11-19/h8-11,14-16,22,25H,4-5,12-13,17H2,1-3H3. The minimum absolute atomic E-state index is 0.0920. The molecule has 2 aromatic rings. The molecule has 1 atom stereocenters. The van der Waals surface area contributed by atoms with Crippen LogP contribution in [0.25, 0.3) is 0 Å². The lowest BCUT2D eigenvalue weighted by atomic mass is 10.2. The van der Waals surface area contributed by atoms with Crippen molar-refractivity contribution in [2.24, 2.45) is 4.99 Å². The molecule has 6 heteroatoms. The average Bonchev–Trinajstić information content (AvgIpc) is 3.36. The predicted octanol–water partition coefficient (Wildman–Crippen LogP) is 3.09. The summed E-state index contributed by atoms with van der Waals surface area (Å²) in [6.07, 6.45) is 7.15. The normalized spacial score (nSPS) is 17.8. The third kappa shape index (κ3) is 4.29. The van der Waals surface area contributed by atoms with E-state index in [4.69, 9.17) is 4.99 Å². The average molecular weight is 389 g/mol. The number of nitrogens with zero attached hydrogens (tertiary/aromatic N) is 5. The second kappa shape index (κ2) is 8.44. The molecule has 0 saturated heterocycles. The Kier molecular flexibility index (Phi) is 5.57. The van der Waals surface area contributed by atoms with Gasteiger partial charge in [0.2, 0.25) is 0 Å². The Balaban J connectivity index is 1.44. The maximum absolute atomic E-state index is 4.92. The molecule has 1 aromatic carbocycles. The van der Waals surface area contributed by atoms with Gasteiger partial charge in [-0.2, -0.15) is 5.10 Å². The number of likely N-dealkylation sites (N-methyl/N-ethyl adjacent to an activating group) is 1. The van der Waals surface area contributed by atoms with Crippen LogP contribution >= 0.6 is 0 Å². The summed E-state index contributed by atoms with van der Waals surface area (Å²) >= 11 is 0. The third-order valence-electron chi connectivity index (χ3n) is 5.13. The van der Waals surface area contributed by atoms with Crippen molar-refractivity contribution < 1.29 is 0 Å². The summed E-state index contributed by atoms with van der Waals surface area (Å²) in [6, 6.07) is 8.25. The Labute approximate surface area is 172 Å². The molecule has 0 spiro atoms. The van der Waals surface area contributed by atoms with Crippen molar-refractivity contribution in [3.63, 3.8) is 0 Å². The first-order valence-electron chi connectivity index (χ1n) is 10.3. The molecule has 0 saturated carbocycles. The molecule has 1 unspecified atom stereocenters. The Morgan fingerprint density at radius 2 is 2.03 bits per heavy atom. The van der Waals surface area contributed by atoms with Gasteiger partial charge in [-0.1, -0.05) is 36.5 Å². The Bertz CT molecular complexity index is 973. The van der Waals surface area contributed by atoms with E-state index < -0.39 is 0 Å². The third-order valence-corrected chi connectivity index (χ3v) is 5.13. The van der Waals surface area contributed by atoms with Gasteiger partial charge in [-0.3, -0.25) is 4.68 Å². The van der Waals surface area contributed by atoms with Gasteiger partial charge in [0.1, 0.15) is 12.7 Å². The molecular formula is C23H28N6. The molecule has 0 amide bonds. The van der Waals surface area contributed by atoms with E-state index in [-0.39, 0.29) is 6.17 Å². The maximum atomic E-state index is 4.92. The summed E-state index contributed by atoms with van der Waals surface area (Å²) in [7, 11) is 0. The molecule has 2 aliphatic rings. The van der Waals surface area contributed by atoms with Crippen LogP contribution in [0.15, 0.2) is 53.5 Å². The molecule has 0 radical (unpaired) electrons. The van der Waals surface area contributed by atoms with Crippen molar-refractivity contribution in [2.75, 3.05) is 19.8 Å². The molecule has 4 rings (SSSR count). The lowest BCUT2D eigenvalue weighted by molar-refractivity contribution is 0.241. The number of aryl methyl sites for hydroxylation is 1. The molecule has 29 heavy (non-hydrogen) atoms. The quantitative estimate of drug-likeness (QED) is 0.800. The fourth-order valence-electron chi connectivity index (χ4n) is 3.59. The fourth-order valence-corrected chi connectivity index (χ4v) is 3.59. The highest BCUT2D eigenvalue weighted by Gasteiger charge is 2.31. The lowest BCUT2D eigenvalue weighted by Gasteiger charge is -2.35. The number of hydrogen-bond donors (Lipinski definition) is 1. The molecular weight excluding hydrogens is 360 g/mol. The van der Waals surface area contributed by atoms with Gasteiger partial charge in [-0.25, -0.2) is 4.99 Å². The second-order valence-electron chi connectivity index (χ2n) is 7.49. The summed E-state index contributed by atoms with van der Waals surface area (Å²) in [6.45, 7) is 9.92. The van der Waals surface area contributed by atoms with Crippen LogP contribution in [0, 0.1) is 18.8 Å². The van der Waals surface area contributed by atoms with Crippen molar-refractivity contribution in [2.45, 2.75) is 39.9 Å². The van der Waals surface area contributed by atoms with Gasteiger partial charge in [0.25, 0.3) is 0 Å². The predicted molar refractivity (Wildman–Crippen MR) is 116 cm³/mol. The molecule has 150 valence electrons. The molecule has 3 heterocycles. The number of nitrogens with one attached hydrogen (secondary N) is 1. The SMILES string of the molecule is CCCN1C=C2NC(c3cnn(CC#Cc4ccc(C)cc4)c3)N=C2N(CC)C1. The van der Waals surface area contributed by atoms with E-state index in [1.54, 1.807) is 0 Å². The van der Waals surface area contributed by atoms with Crippen LogP contribution in [-0.2, 0) is 6.54 Å². The van der Waals surface area contributed by atoms with Crippen LogP contribution in [-0.4, -0.2) is 45.2 Å². The molecule has 0 aliphatic carbocycles.